The molecule has 5 nitrogen and oxygen atoms in total. The standard InChI is InChI=1S/C17H17N3O2S/c21-16(15-6-9-23-12-15)10-18-17(22)14-4-2-13(3-5-14)11-20-8-1-7-19-20/h1-9,12,16,21H,10-11H2,(H,18,22). The fourth-order valence-corrected chi connectivity index (χ4v) is 2.92. The topological polar surface area (TPSA) is 67.2 Å². The maximum Gasteiger partial charge on any atom is 0.251 e. The first-order valence-corrected chi connectivity index (χ1v) is 8.21. The molecule has 2 heterocycles. The predicted octanol–water partition coefficient (Wildman–Crippen LogP) is 2.46. The zero-order chi connectivity index (χ0) is 16.1. The van der Waals surface area contributed by atoms with Crippen molar-refractivity contribution in [3.8, 4) is 0 Å². The number of thiophene rings is 1. The second-order valence-corrected chi connectivity index (χ2v) is 5.96. The largest absolute Gasteiger partial charge is 0.387 e. The van der Waals surface area contributed by atoms with E-state index >= 15 is 0 Å². The molecule has 0 radical (unpaired) electrons. The number of hydrogen-bond acceptors (Lipinski definition) is 4. The van der Waals surface area contributed by atoms with Gasteiger partial charge in [-0.05, 0) is 46.2 Å². The molecule has 2 N–H and O–H groups in total. The Morgan fingerprint density at radius 1 is 1.30 bits per heavy atom. The average molecular weight is 327 g/mol. The van der Waals surface area contributed by atoms with E-state index in [2.05, 4.69) is 10.4 Å². The van der Waals surface area contributed by atoms with Crippen molar-refractivity contribution >= 4 is 17.2 Å². The van der Waals surface area contributed by atoms with Crippen molar-refractivity contribution in [2.24, 2.45) is 0 Å². The molecule has 0 spiro atoms. The Labute approximate surface area is 138 Å². The van der Waals surface area contributed by atoms with Gasteiger partial charge in [-0.1, -0.05) is 12.1 Å². The predicted molar refractivity (Wildman–Crippen MR) is 89.4 cm³/mol. The van der Waals surface area contributed by atoms with Crippen molar-refractivity contribution in [3.05, 3.63) is 76.2 Å². The summed E-state index contributed by atoms with van der Waals surface area (Å²) in [4.78, 5) is 12.1. The first kappa shape index (κ1) is 15.5. The van der Waals surface area contributed by atoms with Gasteiger partial charge in [0.2, 0.25) is 0 Å². The first-order valence-electron chi connectivity index (χ1n) is 7.27. The van der Waals surface area contributed by atoms with E-state index in [9.17, 15) is 9.90 Å². The lowest BCUT2D eigenvalue weighted by Gasteiger charge is -2.11. The Morgan fingerprint density at radius 2 is 2.13 bits per heavy atom. The Morgan fingerprint density at radius 3 is 2.78 bits per heavy atom. The number of aliphatic hydroxyl groups is 1. The van der Waals surface area contributed by atoms with Crippen LogP contribution in [0, 0.1) is 0 Å². The van der Waals surface area contributed by atoms with Crippen LogP contribution in [0.1, 0.15) is 27.6 Å². The van der Waals surface area contributed by atoms with Gasteiger partial charge in [0, 0.05) is 24.5 Å². The lowest BCUT2D eigenvalue weighted by atomic mass is 10.1. The number of carbonyl (C=O) groups is 1. The van der Waals surface area contributed by atoms with E-state index in [0.717, 1.165) is 11.1 Å². The number of nitrogens with zero attached hydrogens (tertiary/aromatic N) is 2. The lowest BCUT2D eigenvalue weighted by molar-refractivity contribution is 0.0916. The maximum absolute atomic E-state index is 12.1. The molecule has 1 aromatic carbocycles. The SMILES string of the molecule is O=C(NCC(O)c1ccsc1)c1ccc(Cn2cccn2)cc1. The molecule has 0 fully saturated rings. The minimum absolute atomic E-state index is 0.190. The van der Waals surface area contributed by atoms with Gasteiger partial charge in [-0.3, -0.25) is 9.48 Å². The highest BCUT2D eigenvalue weighted by Crippen LogP contribution is 2.15. The van der Waals surface area contributed by atoms with Crippen LogP contribution in [-0.4, -0.2) is 27.3 Å². The number of hydrogen-bond donors (Lipinski definition) is 2. The third-order valence-corrected chi connectivity index (χ3v) is 4.21. The minimum atomic E-state index is -0.677. The normalized spacial score (nSPS) is 12.0. The van der Waals surface area contributed by atoms with Gasteiger partial charge in [0.1, 0.15) is 0 Å². The van der Waals surface area contributed by atoms with Gasteiger partial charge in [-0.25, -0.2) is 0 Å². The molecule has 118 valence electrons. The van der Waals surface area contributed by atoms with Gasteiger partial charge in [0.25, 0.3) is 5.91 Å². The van der Waals surface area contributed by atoms with E-state index < -0.39 is 6.10 Å². The highest BCUT2D eigenvalue weighted by atomic mass is 32.1. The summed E-state index contributed by atoms with van der Waals surface area (Å²) in [6, 6.07) is 11.1. The second-order valence-electron chi connectivity index (χ2n) is 5.18. The number of aliphatic hydroxyl groups excluding tert-OH is 1. The molecule has 3 rings (SSSR count). The smallest absolute Gasteiger partial charge is 0.251 e. The Hall–Kier alpha value is -2.44. The van der Waals surface area contributed by atoms with Gasteiger partial charge in [-0.2, -0.15) is 16.4 Å². The molecule has 2 aromatic heterocycles. The van der Waals surface area contributed by atoms with Crippen LogP contribution in [0.15, 0.2) is 59.6 Å². The van der Waals surface area contributed by atoms with E-state index in [0.29, 0.717) is 12.1 Å². The number of amides is 1. The highest BCUT2D eigenvalue weighted by Gasteiger charge is 2.11. The summed E-state index contributed by atoms with van der Waals surface area (Å²) in [6.45, 7) is 0.871. The zero-order valence-electron chi connectivity index (χ0n) is 12.4. The molecule has 1 unspecified atom stereocenters. The van der Waals surface area contributed by atoms with Crippen molar-refractivity contribution in [3.63, 3.8) is 0 Å². The minimum Gasteiger partial charge on any atom is -0.387 e. The van der Waals surface area contributed by atoms with Crippen molar-refractivity contribution in [2.45, 2.75) is 12.6 Å². The summed E-state index contributed by atoms with van der Waals surface area (Å²) in [5.74, 6) is -0.190. The van der Waals surface area contributed by atoms with E-state index in [1.165, 1.54) is 11.3 Å². The van der Waals surface area contributed by atoms with Gasteiger partial charge >= 0.3 is 0 Å². The molecular formula is C17H17N3O2S. The van der Waals surface area contributed by atoms with E-state index in [4.69, 9.17) is 0 Å². The summed E-state index contributed by atoms with van der Waals surface area (Å²) in [5, 5.41) is 20.7. The van der Waals surface area contributed by atoms with Crippen molar-refractivity contribution in [1.29, 1.82) is 0 Å². The molecule has 1 amide bonds. The second kappa shape index (κ2) is 7.21. The van der Waals surface area contributed by atoms with E-state index in [-0.39, 0.29) is 12.5 Å². The number of aromatic nitrogens is 2. The van der Waals surface area contributed by atoms with Crippen LogP contribution in [-0.2, 0) is 6.54 Å². The van der Waals surface area contributed by atoms with Gasteiger partial charge in [0.15, 0.2) is 0 Å². The van der Waals surface area contributed by atoms with Gasteiger partial charge in [0.05, 0.1) is 12.6 Å². The molecular weight excluding hydrogens is 310 g/mol. The van der Waals surface area contributed by atoms with Crippen LogP contribution in [0.2, 0.25) is 0 Å². The summed E-state index contributed by atoms with van der Waals surface area (Å²) in [5.41, 5.74) is 2.47. The van der Waals surface area contributed by atoms with Crippen molar-refractivity contribution in [1.82, 2.24) is 15.1 Å². The fourth-order valence-electron chi connectivity index (χ4n) is 2.22. The number of benzene rings is 1. The van der Waals surface area contributed by atoms with Crippen LogP contribution in [0.3, 0.4) is 0 Å². The van der Waals surface area contributed by atoms with Crippen LogP contribution >= 0.6 is 11.3 Å². The van der Waals surface area contributed by atoms with Crippen LogP contribution in [0.4, 0.5) is 0 Å². The Kier molecular flexibility index (Phi) is 4.85. The van der Waals surface area contributed by atoms with E-state index in [1.807, 2.05) is 45.9 Å². The fraction of sp³-hybridized carbons (Fsp3) is 0.176. The molecule has 0 saturated heterocycles. The molecule has 1 atom stereocenters. The molecule has 0 aliphatic carbocycles. The molecule has 0 aliphatic rings. The van der Waals surface area contributed by atoms with Gasteiger partial charge < -0.3 is 10.4 Å². The monoisotopic (exact) mass is 327 g/mol. The maximum atomic E-state index is 12.1. The quantitative estimate of drug-likeness (QED) is 0.731. The highest BCUT2D eigenvalue weighted by molar-refractivity contribution is 7.07. The van der Waals surface area contributed by atoms with Crippen LogP contribution in [0.25, 0.3) is 0 Å². The molecule has 0 bridgehead atoms. The average Bonchev–Trinajstić information content (AvgIpc) is 3.26. The third-order valence-electron chi connectivity index (χ3n) is 3.50. The summed E-state index contributed by atoms with van der Waals surface area (Å²) < 4.78 is 1.83. The van der Waals surface area contributed by atoms with Crippen molar-refractivity contribution in [2.75, 3.05) is 6.54 Å². The number of rotatable bonds is 6. The van der Waals surface area contributed by atoms with Gasteiger partial charge in [-0.15, -0.1) is 0 Å². The Bertz CT molecular complexity index is 737. The summed E-state index contributed by atoms with van der Waals surface area (Å²) in [7, 11) is 0. The van der Waals surface area contributed by atoms with Crippen LogP contribution < -0.4 is 5.32 Å². The molecule has 23 heavy (non-hydrogen) atoms. The molecule has 0 saturated carbocycles. The Balaban J connectivity index is 1.55. The van der Waals surface area contributed by atoms with E-state index in [1.54, 1.807) is 18.3 Å². The molecule has 6 heteroatoms. The molecule has 0 aliphatic heterocycles. The molecule has 3 aromatic rings. The summed E-state index contributed by atoms with van der Waals surface area (Å²) in [6.07, 6.45) is 2.96. The lowest BCUT2D eigenvalue weighted by Crippen LogP contribution is -2.28. The number of carbonyl (C=O) groups excluding carboxylic acids is 1. The number of nitrogens with one attached hydrogen (secondary N) is 1. The third kappa shape index (κ3) is 4.06. The van der Waals surface area contributed by atoms with Crippen LogP contribution in [0.5, 0.6) is 0 Å². The zero-order valence-corrected chi connectivity index (χ0v) is 13.2. The van der Waals surface area contributed by atoms with Crippen molar-refractivity contribution < 1.29 is 9.90 Å². The summed E-state index contributed by atoms with van der Waals surface area (Å²) >= 11 is 1.52. The first-order chi connectivity index (χ1) is 11.2.